The fourth-order valence-corrected chi connectivity index (χ4v) is 2.80. The third-order valence-corrected chi connectivity index (χ3v) is 4.19. The van der Waals surface area contributed by atoms with Crippen molar-refractivity contribution in [3.05, 3.63) is 77.4 Å². The van der Waals surface area contributed by atoms with Crippen molar-refractivity contribution in [2.45, 2.75) is 13.0 Å². The molecule has 24 heavy (non-hydrogen) atoms. The number of ether oxygens (including phenoxy) is 1. The van der Waals surface area contributed by atoms with Crippen LogP contribution in [0.5, 0.6) is 5.75 Å². The van der Waals surface area contributed by atoms with Gasteiger partial charge < -0.3 is 15.4 Å². The number of hydrogen-bond donors (Lipinski definition) is 1. The molecular formula is C20H22N2O2. The minimum absolute atomic E-state index is 0.0815. The molecule has 2 aromatic rings. The first kappa shape index (κ1) is 16.3. The number of rotatable bonds is 6. The molecule has 1 heterocycles. The first-order valence-electron chi connectivity index (χ1n) is 8.13. The third kappa shape index (κ3) is 3.66. The lowest BCUT2D eigenvalue weighted by Crippen LogP contribution is -2.37. The Bertz CT molecular complexity index is 741. The third-order valence-electron chi connectivity index (χ3n) is 4.19. The molecule has 1 aliphatic rings. The highest BCUT2D eigenvalue weighted by atomic mass is 16.5. The summed E-state index contributed by atoms with van der Waals surface area (Å²) in [6.45, 7) is 6.02. The summed E-state index contributed by atoms with van der Waals surface area (Å²) in [7, 11) is 0. The van der Waals surface area contributed by atoms with Crippen molar-refractivity contribution in [3.63, 3.8) is 0 Å². The molecular weight excluding hydrogens is 300 g/mol. The minimum Gasteiger partial charge on any atom is -0.489 e. The van der Waals surface area contributed by atoms with Gasteiger partial charge in [-0.15, -0.1) is 0 Å². The van der Waals surface area contributed by atoms with Gasteiger partial charge in [-0.1, -0.05) is 36.9 Å². The summed E-state index contributed by atoms with van der Waals surface area (Å²) in [6, 6.07) is 15.7. The molecule has 0 spiro atoms. The molecule has 0 fully saturated rings. The maximum absolute atomic E-state index is 12.7. The summed E-state index contributed by atoms with van der Waals surface area (Å²) in [5, 5.41) is 0. The van der Waals surface area contributed by atoms with Gasteiger partial charge in [0.2, 0.25) is 0 Å². The number of benzene rings is 2. The summed E-state index contributed by atoms with van der Waals surface area (Å²) in [4.78, 5) is 14.6. The molecule has 3 rings (SSSR count). The van der Waals surface area contributed by atoms with E-state index in [1.165, 1.54) is 0 Å². The van der Waals surface area contributed by atoms with E-state index < -0.39 is 0 Å². The van der Waals surface area contributed by atoms with Crippen molar-refractivity contribution in [2.24, 2.45) is 5.73 Å². The van der Waals surface area contributed by atoms with Gasteiger partial charge in [0.05, 0.1) is 0 Å². The fourth-order valence-electron chi connectivity index (χ4n) is 2.80. The number of fused-ring (bicyclic) bond motifs is 1. The van der Waals surface area contributed by atoms with Gasteiger partial charge in [0.1, 0.15) is 12.4 Å². The van der Waals surface area contributed by atoms with Gasteiger partial charge in [0.25, 0.3) is 5.91 Å². The first-order valence-corrected chi connectivity index (χ1v) is 8.13. The normalized spacial score (nSPS) is 13.5. The van der Waals surface area contributed by atoms with Gasteiger partial charge in [0, 0.05) is 25.2 Å². The molecule has 2 aromatic carbocycles. The second-order valence-electron chi connectivity index (χ2n) is 6.02. The van der Waals surface area contributed by atoms with E-state index in [1.807, 2.05) is 53.4 Å². The van der Waals surface area contributed by atoms with Crippen molar-refractivity contribution in [2.75, 3.05) is 19.7 Å². The van der Waals surface area contributed by atoms with Gasteiger partial charge in [-0.3, -0.25) is 4.79 Å². The molecule has 0 atom stereocenters. The largest absolute Gasteiger partial charge is 0.489 e. The lowest BCUT2D eigenvalue weighted by Gasteiger charge is -2.29. The van der Waals surface area contributed by atoms with Gasteiger partial charge >= 0.3 is 0 Å². The quantitative estimate of drug-likeness (QED) is 0.832. The van der Waals surface area contributed by atoms with Crippen LogP contribution in [0.15, 0.2) is 60.7 Å². The first-order chi connectivity index (χ1) is 11.7. The number of carbonyl (C=O) groups excluding carboxylic acids is 1. The van der Waals surface area contributed by atoms with Crippen LogP contribution in [0, 0.1) is 0 Å². The maximum atomic E-state index is 12.7. The molecule has 0 saturated heterocycles. The van der Waals surface area contributed by atoms with Crippen molar-refractivity contribution in [3.8, 4) is 5.75 Å². The Hall–Kier alpha value is -2.59. The van der Waals surface area contributed by atoms with E-state index in [2.05, 4.69) is 6.58 Å². The van der Waals surface area contributed by atoms with Crippen LogP contribution in [0.1, 0.15) is 21.5 Å². The summed E-state index contributed by atoms with van der Waals surface area (Å²) in [6.07, 6.45) is 0.836. The number of carbonyl (C=O) groups is 1. The van der Waals surface area contributed by atoms with Crippen LogP contribution in [-0.2, 0) is 13.0 Å². The average Bonchev–Trinajstić information content (AvgIpc) is 2.63. The van der Waals surface area contributed by atoms with E-state index in [0.717, 1.165) is 41.0 Å². The summed E-state index contributed by atoms with van der Waals surface area (Å²) in [5.41, 5.74) is 9.31. The zero-order chi connectivity index (χ0) is 16.9. The molecule has 0 radical (unpaired) electrons. The second kappa shape index (κ2) is 7.32. The van der Waals surface area contributed by atoms with Crippen LogP contribution in [0.4, 0.5) is 0 Å². The summed E-state index contributed by atoms with van der Waals surface area (Å²) >= 11 is 0. The van der Waals surface area contributed by atoms with Crippen molar-refractivity contribution in [1.29, 1.82) is 0 Å². The van der Waals surface area contributed by atoms with E-state index in [1.54, 1.807) is 0 Å². The predicted molar refractivity (Wildman–Crippen MR) is 95.0 cm³/mol. The number of hydrogen-bond acceptors (Lipinski definition) is 3. The van der Waals surface area contributed by atoms with Crippen molar-refractivity contribution < 1.29 is 9.53 Å². The molecule has 0 aromatic heterocycles. The van der Waals surface area contributed by atoms with E-state index in [4.69, 9.17) is 10.5 Å². The molecule has 1 amide bonds. The maximum Gasteiger partial charge on any atom is 0.254 e. The molecule has 124 valence electrons. The zero-order valence-electron chi connectivity index (χ0n) is 13.7. The zero-order valence-corrected chi connectivity index (χ0v) is 13.7. The second-order valence-corrected chi connectivity index (χ2v) is 6.02. The Morgan fingerprint density at radius 1 is 1.21 bits per heavy atom. The Morgan fingerprint density at radius 2 is 2.00 bits per heavy atom. The van der Waals surface area contributed by atoms with Crippen molar-refractivity contribution >= 4 is 5.91 Å². The molecule has 0 saturated carbocycles. The molecule has 0 unspecified atom stereocenters. The molecule has 0 bridgehead atoms. The predicted octanol–water partition coefficient (Wildman–Crippen LogP) is 2.78. The van der Waals surface area contributed by atoms with E-state index in [-0.39, 0.29) is 5.91 Å². The molecule has 4 nitrogen and oxygen atoms in total. The molecule has 2 N–H and O–H groups in total. The van der Waals surface area contributed by atoms with Gasteiger partial charge in [-0.2, -0.15) is 0 Å². The van der Waals surface area contributed by atoms with Crippen LogP contribution in [0.3, 0.4) is 0 Å². The number of nitrogens with two attached hydrogens (primary N) is 1. The van der Waals surface area contributed by atoms with E-state index in [0.29, 0.717) is 19.7 Å². The average molecular weight is 322 g/mol. The standard InChI is InChI=1S/C20H22N2O2/c1-15(12-21)14-24-18-7-8-19-17(11-18)9-10-22(20(19)23)13-16-5-3-2-4-6-16/h2-8,11H,1,9-10,12-14,21H2. The Kier molecular flexibility index (Phi) is 4.96. The summed E-state index contributed by atoms with van der Waals surface area (Å²) in [5.74, 6) is 0.839. The molecule has 4 heteroatoms. The van der Waals surface area contributed by atoms with Gasteiger partial charge in [-0.25, -0.2) is 0 Å². The SMILES string of the molecule is C=C(CN)COc1ccc2c(c1)CCN(Cc1ccccc1)C2=O. The Balaban J connectivity index is 1.70. The minimum atomic E-state index is 0.0815. The number of nitrogens with zero attached hydrogens (tertiary/aromatic N) is 1. The van der Waals surface area contributed by atoms with Crippen LogP contribution in [0.2, 0.25) is 0 Å². The Labute approximate surface area is 142 Å². The highest BCUT2D eigenvalue weighted by Gasteiger charge is 2.24. The lowest BCUT2D eigenvalue weighted by molar-refractivity contribution is 0.0727. The molecule has 1 aliphatic heterocycles. The van der Waals surface area contributed by atoms with Crippen LogP contribution < -0.4 is 10.5 Å². The molecule has 0 aliphatic carbocycles. The highest BCUT2D eigenvalue weighted by Crippen LogP contribution is 2.25. The van der Waals surface area contributed by atoms with E-state index in [9.17, 15) is 4.79 Å². The number of amides is 1. The smallest absolute Gasteiger partial charge is 0.254 e. The van der Waals surface area contributed by atoms with Gasteiger partial charge in [0.15, 0.2) is 0 Å². The monoisotopic (exact) mass is 322 g/mol. The van der Waals surface area contributed by atoms with Crippen molar-refractivity contribution in [1.82, 2.24) is 4.90 Å². The van der Waals surface area contributed by atoms with E-state index >= 15 is 0 Å². The van der Waals surface area contributed by atoms with Crippen LogP contribution in [-0.4, -0.2) is 30.5 Å². The van der Waals surface area contributed by atoms with Crippen LogP contribution in [0.25, 0.3) is 0 Å². The lowest BCUT2D eigenvalue weighted by atomic mass is 9.98. The topological polar surface area (TPSA) is 55.6 Å². The fraction of sp³-hybridized carbons (Fsp3) is 0.250. The van der Waals surface area contributed by atoms with Gasteiger partial charge in [-0.05, 0) is 41.3 Å². The summed E-state index contributed by atoms with van der Waals surface area (Å²) < 4.78 is 5.68. The van der Waals surface area contributed by atoms with Crippen LogP contribution >= 0.6 is 0 Å². The highest BCUT2D eigenvalue weighted by molar-refractivity contribution is 5.96. The Morgan fingerprint density at radius 3 is 2.75 bits per heavy atom.